The molecule has 0 spiro atoms. The van der Waals surface area contributed by atoms with Crippen LogP contribution in [0.2, 0.25) is 0 Å². The van der Waals surface area contributed by atoms with Gasteiger partial charge in [0, 0.05) is 17.8 Å². The Morgan fingerprint density at radius 2 is 2.16 bits per heavy atom. The van der Waals surface area contributed by atoms with Crippen molar-refractivity contribution >= 4 is 22.4 Å². The summed E-state index contributed by atoms with van der Waals surface area (Å²) >= 11 is 1.60. The molecule has 0 saturated heterocycles. The SMILES string of the molecule is CCC(CC)C(C)Nc1nc(CCC(=O)OC)cs1. The first kappa shape index (κ1) is 16.0. The monoisotopic (exact) mass is 284 g/mol. The minimum Gasteiger partial charge on any atom is -0.469 e. The highest BCUT2D eigenvalue weighted by atomic mass is 32.1. The van der Waals surface area contributed by atoms with Crippen molar-refractivity contribution in [1.82, 2.24) is 4.98 Å². The van der Waals surface area contributed by atoms with Crippen molar-refractivity contribution in [1.29, 1.82) is 0 Å². The molecular weight excluding hydrogens is 260 g/mol. The van der Waals surface area contributed by atoms with E-state index >= 15 is 0 Å². The number of methoxy groups -OCH3 is 1. The van der Waals surface area contributed by atoms with Gasteiger partial charge in [0.25, 0.3) is 0 Å². The third kappa shape index (κ3) is 5.19. The molecule has 1 atom stereocenters. The van der Waals surface area contributed by atoms with E-state index in [9.17, 15) is 4.79 Å². The lowest BCUT2D eigenvalue weighted by atomic mass is 9.96. The summed E-state index contributed by atoms with van der Waals surface area (Å²) in [7, 11) is 1.41. The molecule has 1 heterocycles. The van der Waals surface area contributed by atoms with Crippen LogP contribution >= 0.6 is 11.3 Å². The van der Waals surface area contributed by atoms with Gasteiger partial charge in [0.1, 0.15) is 0 Å². The zero-order valence-electron chi connectivity index (χ0n) is 12.2. The number of aryl methyl sites for hydroxylation is 1. The molecule has 0 aliphatic heterocycles. The summed E-state index contributed by atoms with van der Waals surface area (Å²) in [6, 6.07) is 0.426. The van der Waals surface area contributed by atoms with E-state index in [0.29, 0.717) is 24.8 Å². The Balaban J connectivity index is 2.48. The molecule has 0 aliphatic carbocycles. The molecule has 19 heavy (non-hydrogen) atoms. The molecule has 1 unspecified atom stereocenters. The predicted octanol–water partition coefficient (Wildman–Crippen LogP) is 3.49. The number of carbonyl (C=O) groups excluding carboxylic acids is 1. The molecule has 1 aromatic rings. The van der Waals surface area contributed by atoms with Crippen molar-refractivity contribution in [2.24, 2.45) is 5.92 Å². The summed E-state index contributed by atoms with van der Waals surface area (Å²) in [4.78, 5) is 15.6. The lowest BCUT2D eigenvalue weighted by Crippen LogP contribution is -2.24. The number of rotatable bonds is 8. The van der Waals surface area contributed by atoms with Gasteiger partial charge in [-0.2, -0.15) is 0 Å². The number of nitrogens with one attached hydrogen (secondary N) is 1. The number of esters is 1. The Bertz CT molecular complexity index is 389. The summed E-state index contributed by atoms with van der Waals surface area (Å²) in [5, 5.41) is 6.41. The van der Waals surface area contributed by atoms with Crippen LogP contribution in [0.4, 0.5) is 5.13 Å². The third-order valence-electron chi connectivity index (χ3n) is 3.47. The summed E-state index contributed by atoms with van der Waals surface area (Å²) in [5.41, 5.74) is 0.953. The van der Waals surface area contributed by atoms with Crippen LogP contribution in [-0.2, 0) is 16.0 Å². The Hall–Kier alpha value is -1.10. The van der Waals surface area contributed by atoms with Crippen molar-refractivity contribution < 1.29 is 9.53 Å². The topological polar surface area (TPSA) is 51.2 Å². The van der Waals surface area contributed by atoms with Gasteiger partial charge in [-0.15, -0.1) is 11.3 Å². The molecule has 0 radical (unpaired) electrons. The van der Waals surface area contributed by atoms with E-state index in [0.717, 1.165) is 10.8 Å². The zero-order valence-corrected chi connectivity index (χ0v) is 13.0. The van der Waals surface area contributed by atoms with Crippen LogP contribution in [-0.4, -0.2) is 24.1 Å². The van der Waals surface area contributed by atoms with Crippen LogP contribution in [0.5, 0.6) is 0 Å². The first-order valence-electron chi connectivity index (χ1n) is 6.88. The fourth-order valence-corrected chi connectivity index (χ4v) is 2.97. The molecule has 0 amide bonds. The number of hydrogen-bond acceptors (Lipinski definition) is 5. The van der Waals surface area contributed by atoms with Crippen LogP contribution < -0.4 is 5.32 Å². The molecule has 0 aliphatic rings. The molecular formula is C14H24N2O2S. The van der Waals surface area contributed by atoms with Crippen LogP contribution in [0, 0.1) is 5.92 Å². The van der Waals surface area contributed by atoms with Crippen LogP contribution in [0.3, 0.4) is 0 Å². The fraction of sp³-hybridized carbons (Fsp3) is 0.714. The van der Waals surface area contributed by atoms with Crippen LogP contribution in [0.15, 0.2) is 5.38 Å². The van der Waals surface area contributed by atoms with Crippen LogP contribution in [0.25, 0.3) is 0 Å². The average Bonchev–Trinajstić information content (AvgIpc) is 2.85. The van der Waals surface area contributed by atoms with E-state index in [1.54, 1.807) is 11.3 Å². The standard InChI is InChI=1S/C14H24N2O2S/c1-5-11(6-2)10(3)15-14-16-12(9-19-14)7-8-13(17)18-4/h9-11H,5-8H2,1-4H3,(H,15,16). The van der Waals surface area contributed by atoms with E-state index < -0.39 is 0 Å². The molecule has 0 bridgehead atoms. The third-order valence-corrected chi connectivity index (χ3v) is 4.29. The smallest absolute Gasteiger partial charge is 0.305 e. The Labute approximate surface area is 119 Å². The fourth-order valence-electron chi connectivity index (χ4n) is 2.13. The van der Waals surface area contributed by atoms with Crippen LogP contribution in [0.1, 0.15) is 45.7 Å². The molecule has 1 rings (SSSR count). The van der Waals surface area contributed by atoms with E-state index in [1.807, 2.05) is 5.38 Å². The molecule has 108 valence electrons. The number of hydrogen-bond donors (Lipinski definition) is 1. The highest BCUT2D eigenvalue weighted by molar-refractivity contribution is 7.13. The maximum atomic E-state index is 11.1. The first-order chi connectivity index (χ1) is 9.10. The Morgan fingerprint density at radius 1 is 1.47 bits per heavy atom. The van der Waals surface area contributed by atoms with E-state index in [4.69, 9.17) is 0 Å². The van der Waals surface area contributed by atoms with Gasteiger partial charge in [-0.3, -0.25) is 4.79 Å². The molecule has 4 nitrogen and oxygen atoms in total. The predicted molar refractivity (Wildman–Crippen MR) is 79.6 cm³/mol. The summed E-state index contributed by atoms with van der Waals surface area (Å²) in [6.45, 7) is 6.64. The van der Waals surface area contributed by atoms with Crippen molar-refractivity contribution in [3.05, 3.63) is 11.1 Å². The van der Waals surface area contributed by atoms with Gasteiger partial charge in [0.2, 0.25) is 0 Å². The zero-order chi connectivity index (χ0) is 14.3. The minimum atomic E-state index is -0.187. The molecule has 0 fully saturated rings. The number of carbonyl (C=O) groups is 1. The minimum absolute atomic E-state index is 0.187. The summed E-state index contributed by atoms with van der Waals surface area (Å²) < 4.78 is 4.62. The van der Waals surface area contributed by atoms with Gasteiger partial charge in [-0.05, 0) is 12.8 Å². The van der Waals surface area contributed by atoms with Gasteiger partial charge < -0.3 is 10.1 Å². The second-order valence-corrected chi connectivity index (χ2v) is 5.59. The number of ether oxygens (including phenoxy) is 1. The number of aromatic nitrogens is 1. The molecule has 0 aromatic carbocycles. The van der Waals surface area contributed by atoms with E-state index in [2.05, 4.69) is 35.8 Å². The van der Waals surface area contributed by atoms with Crippen molar-refractivity contribution in [3.8, 4) is 0 Å². The molecule has 0 saturated carbocycles. The van der Waals surface area contributed by atoms with Gasteiger partial charge in [0.15, 0.2) is 5.13 Å². The highest BCUT2D eigenvalue weighted by Crippen LogP contribution is 2.21. The molecule has 5 heteroatoms. The van der Waals surface area contributed by atoms with Gasteiger partial charge in [0.05, 0.1) is 19.2 Å². The maximum absolute atomic E-state index is 11.1. The quantitative estimate of drug-likeness (QED) is 0.742. The summed E-state index contributed by atoms with van der Waals surface area (Å²) in [6.07, 6.45) is 3.38. The van der Waals surface area contributed by atoms with Gasteiger partial charge in [-0.1, -0.05) is 26.7 Å². The second kappa shape index (κ2) is 8.15. The van der Waals surface area contributed by atoms with Crippen molar-refractivity contribution in [2.45, 2.75) is 52.5 Å². The normalized spacial score (nSPS) is 12.5. The molecule has 1 aromatic heterocycles. The summed E-state index contributed by atoms with van der Waals surface area (Å²) in [5.74, 6) is 0.482. The number of thiazole rings is 1. The Morgan fingerprint density at radius 3 is 2.74 bits per heavy atom. The molecule has 1 N–H and O–H groups in total. The van der Waals surface area contributed by atoms with E-state index in [-0.39, 0.29) is 5.97 Å². The largest absolute Gasteiger partial charge is 0.469 e. The van der Waals surface area contributed by atoms with Gasteiger partial charge >= 0.3 is 5.97 Å². The number of nitrogens with zero attached hydrogens (tertiary/aromatic N) is 1. The van der Waals surface area contributed by atoms with Crippen molar-refractivity contribution in [3.63, 3.8) is 0 Å². The first-order valence-corrected chi connectivity index (χ1v) is 7.76. The Kier molecular flexibility index (Phi) is 6.84. The van der Waals surface area contributed by atoms with Crippen molar-refractivity contribution in [2.75, 3.05) is 12.4 Å². The highest BCUT2D eigenvalue weighted by Gasteiger charge is 2.14. The number of anilines is 1. The van der Waals surface area contributed by atoms with Gasteiger partial charge in [-0.25, -0.2) is 4.98 Å². The maximum Gasteiger partial charge on any atom is 0.305 e. The second-order valence-electron chi connectivity index (χ2n) is 4.73. The van der Waals surface area contributed by atoms with E-state index in [1.165, 1.54) is 20.0 Å². The average molecular weight is 284 g/mol. The lowest BCUT2D eigenvalue weighted by Gasteiger charge is -2.21. The lowest BCUT2D eigenvalue weighted by molar-refractivity contribution is -0.140.